The molecule has 20 heavy (non-hydrogen) atoms. The van der Waals surface area contributed by atoms with Gasteiger partial charge in [-0.2, -0.15) is 4.31 Å². The lowest BCUT2D eigenvalue weighted by molar-refractivity contribution is 0.401. The van der Waals surface area contributed by atoms with Gasteiger partial charge >= 0.3 is 0 Å². The van der Waals surface area contributed by atoms with Crippen LogP contribution in [0.5, 0.6) is 0 Å². The normalized spacial score (nSPS) is 28.9. The molecule has 0 saturated carbocycles. The molecule has 5 nitrogen and oxygen atoms in total. The van der Waals surface area contributed by atoms with Crippen molar-refractivity contribution in [3.8, 4) is 0 Å². The molecule has 2 aliphatic rings. The third-order valence-corrected chi connectivity index (χ3v) is 7.88. The van der Waals surface area contributed by atoms with E-state index in [2.05, 4.69) is 0 Å². The Morgan fingerprint density at radius 1 is 1.20 bits per heavy atom. The monoisotopic (exact) mass is 323 g/mol. The van der Waals surface area contributed by atoms with E-state index < -0.39 is 42.8 Å². The summed E-state index contributed by atoms with van der Waals surface area (Å²) in [5.41, 5.74) is 0. The van der Waals surface area contributed by atoms with E-state index in [9.17, 15) is 25.6 Å². The number of sulfone groups is 1. The van der Waals surface area contributed by atoms with Gasteiger partial charge in [-0.1, -0.05) is 0 Å². The van der Waals surface area contributed by atoms with Gasteiger partial charge in [-0.25, -0.2) is 25.6 Å². The smallest absolute Gasteiger partial charge is 0.228 e. The summed E-state index contributed by atoms with van der Waals surface area (Å²) in [5.74, 6) is -2.59. The average molecular weight is 323 g/mol. The molecule has 3 rings (SSSR count). The number of sulfonamides is 1. The molecule has 0 N–H and O–H groups in total. The van der Waals surface area contributed by atoms with Gasteiger partial charge in [0.25, 0.3) is 0 Å². The minimum atomic E-state index is -4.00. The van der Waals surface area contributed by atoms with Crippen molar-refractivity contribution < 1.29 is 25.6 Å². The fraction of sp³-hybridized carbons (Fsp3) is 0.455. The van der Waals surface area contributed by atoms with E-state index in [0.29, 0.717) is 6.07 Å². The van der Waals surface area contributed by atoms with Crippen LogP contribution < -0.4 is 0 Å². The molecule has 1 aromatic rings. The number of nitrogens with zero attached hydrogens (tertiary/aromatic N) is 1. The van der Waals surface area contributed by atoms with Gasteiger partial charge in [-0.15, -0.1) is 0 Å². The zero-order chi connectivity index (χ0) is 14.7. The van der Waals surface area contributed by atoms with Crippen LogP contribution in [0.15, 0.2) is 23.1 Å². The van der Waals surface area contributed by atoms with Crippen LogP contribution in [0, 0.1) is 11.6 Å². The molecular weight excluding hydrogens is 312 g/mol. The predicted octanol–water partition coefficient (Wildman–Crippen LogP) is 0.525. The molecule has 2 aliphatic heterocycles. The molecule has 2 unspecified atom stereocenters. The number of benzene rings is 1. The van der Waals surface area contributed by atoms with Crippen LogP contribution in [-0.2, 0) is 19.9 Å². The molecule has 2 fully saturated rings. The van der Waals surface area contributed by atoms with Crippen molar-refractivity contribution >= 4 is 19.9 Å². The summed E-state index contributed by atoms with van der Waals surface area (Å²) in [7, 11) is -7.21. The zero-order valence-corrected chi connectivity index (χ0v) is 11.8. The first-order valence-electron chi connectivity index (χ1n) is 5.90. The predicted molar refractivity (Wildman–Crippen MR) is 66.2 cm³/mol. The van der Waals surface area contributed by atoms with Crippen molar-refractivity contribution in [2.24, 2.45) is 0 Å². The Hall–Kier alpha value is -1.06. The maximum absolute atomic E-state index is 13.2. The fourth-order valence-electron chi connectivity index (χ4n) is 2.73. The lowest BCUT2D eigenvalue weighted by Crippen LogP contribution is -2.43. The first kappa shape index (κ1) is 13.9. The van der Waals surface area contributed by atoms with Gasteiger partial charge in [0.05, 0.1) is 15.9 Å². The van der Waals surface area contributed by atoms with Gasteiger partial charge in [0.1, 0.15) is 0 Å². The van der Waals surface area contributed by atoms with Crippen LogP contribution in [0.25, 0.3) is 0 Å². The molecule has 0 aromatic heterocycles. The van der Waals surface area contributed by atoms with Crippen LogP contribution in [-0.4, -0.2) is 44.7 Å². The van der Waals surface area contributed by atoms with Crippen molar-refractivity contribution in [2.45, 2.75) is 22.6 Å². The van der Waals surface area contributed by atoms with Crippen LogP contribution in [0.2, 0.25) is 0 Å². The van der Waals surface area contributed by atoms with E-state index in [1.165, 1.54) is 0 Å². The Balaban J connectivity index is 1.97. The van der Waals surface area contributed by atoms with Crippen LogP contribution in [0.3, 0.4) is 0 Å². The molecular formula is C11H11F2NO4S2. The topological polar surface area (TPSA) is 71.5 Å². The molecule has 2 saturated heterocycles. The summed E-state index contributed by atoms with van der Waals surface area (Å²) in [6, 6.07) is 1.73. The first-order chi connectivity index (χ1) is 9.22. The maximum Gasteiger partial charge on any atom is 0.243 e. The second kappa shape index (κ2) is 4.22. The molecule has 0 spiro atoms. The Bertz CT molecular complexity index is 776. The third kappa shape index (κ3) is 1.95. The molecule has 2 heterocycles. The molecule has 110 valence electrons. The van der Waals surface area contributed by atoms with Gasteiger partial charge in [0.15, 0.2) is 21.5 Å². The summed E-state index contributed by atoms with van der Waals surface area (Å²) >= 11 is 0. The quantitative estimate of drug-likeness (QED) is 0.796. The van der Waals surface area contributed by atoms with Gasteiger partial charge in [0.2, 0.25) is 10.0 Å². The first-order valence-corrected chi connectivity index (χ1v) is 9.06. The highest BCUT2D eigenvalue weighted by molar-refractivity contribution is 7.93. The number of rotatable bonds is 2. The SMILES string of the molecule is O=S1(=O)CC2CC1CN2S(=O)(=O)c1ccc(F)c(F)c1. The van der Waals surface area contributed by atoms with E-state index in [0.717, 1.165) is 16.4 Å². The van der Waals surface area contributed by atoms with E-state index in [1.54, 1.807) is 0 Å². The number of halogens is 2. The highest BCUT2D eigenvalue weighted by Gasteiger charge is 2.52. The van der Waals surface area contributed by atoms with Crippen molar-refractivity contribution in [1.82, 2.24) is 4.31 Å². The Kier molecular flexibility index (Phi) is 2.93. The zero-order valence-electron chi connectivity index (χ0n) is 10.2. The van der Waals surface area contributed by atoms with Crippen LogP contribution in [0.4, 0.5) is 8.78 Å². The third-order valence-electron chi connectivity index (χ3n) is 3.76. The van der Waals surface area contributed by atoms with Crippen molar-refractivity contribution in [3.63, 3.8) is 0 Å². The maximum atomic E-state index is 13.2. The Morgan fingerprint density at radius 3 is 2.40 bits per heavy atom. The minimum absolute atomic E-state index is 0.117. The molecule has 0 radical (unpaired) electrons. The largest absolute Gasteiger partial charge is 0.243 e. The summed E-state index contributed by atoms with van der Waals surface area (Å²) in [4.78, 5) is -0.360. The molecule has 2 bridgehead atoms. The van der Waals surface area contributed by atoms with Gasteiger partial charge < -0.3 is 0 Å². The molecule has 2 atom stereocenters. The number of fused-ring (bicyclic) bond motifs is 2. The Morgan fingerprint density at radius 2 is 1.90 bits per heavy atom. The van der Waals surface area contributed by atoms with Crippen LogP contribution >= 0.6 is 0 Å². The summed E-state index contributed by atoms with van der Waals surface area (Å²) in [6.07, 6.45) is 0.269. The van der Waals surface area contributed by atoms with E-state index >= 15 is 0 Å². The number of hydrogen-bond donors (Lipinski definition) is 0. The van der Waals surface area contributed by atoms with Crippen LogP contribution in [0.1, 0.15) is 6.42 Å². The summed E-state index contributed by atoms with van der Waals surface area (Å²) < 4.78 is 75.0. The minimum Gasteiger partial charge on any atom is -0.228 e. The van der Waals surface area contributed by atoms with E-state index in [-0.39, 0.29) is 23.6 Å². The summed E-state index contributed by atoms with van der Waals surface area (Å²) in [6.45, 7) is -0.117. The highest BCUT2D eigenvalue weighted by atomic mass is 32.2. The fourth-order valence-corrected chi connectivity index (χ4v) is 6.64. The molecule has 9 heteroatoms. The standard InChI is InChI=1S/C11H11F2NO4S2/c12-10-2-1-8(4-11(10)13)20(17,18)14-5-9-3-7(14)6-19(9,15)16/h1-2,4,7,9H,3,5-6H2. The van der Waals surface area contributed by atoms with Crippen molar-refractivity contribution in [2.75, 3.05) is 12.3 Å². The second-order valence-corrected chi connectivity index (χ2v) is 9.21. The van der Waals surface area contributed by atoms with Crippen molar-refractivity contribution in [3.05, 3.63) is 29.8 Å². The second-order valence-electron chi connectivity index (χ2n) is 4.99. The molecule has 0 amide bonds. The lowest BCUT2D eigenvalue weighted by atomic mass is 10.3. The molecule has 0 aliphatic carbocycles. The van der Waals surface area contributed by atoms with Gasteiger partial charge in [-0.05, 0) is 24.6 Å². The average Bonchev–Trinajstić information content (AvgIpc) is 2.88. The van der Waals surface area contributed by atoms with Crippen molar-refractivity contribution in [1.29, 1.82) is 0 Å². The Labute approximate surface area is 115 Å². The molecule has 1 aromatic carbocycles. The van der Waals surface area contributed by atoms with Gasteiger partial charge in [-0.3, -0.25) is 0 Å². The number of hydrogen-bond acceptors (Lipinski definition) is 4. The lowest BCUT2D eigenvalue weighted by Gasteiger charge is -2.26. The van der Waals surface area contributed by atoms with E-state index in [1.807, 2.05) is 0 Å². The van der Waals surface area contributed by atoms with Gasteiger partial charge in [0, 0.05) is 12.6 Å². The highest BCUT2D eigenvalue weighted by Crippen LogP contribution is 2.36. The summed E-state index contributed by atoms with van der Waals surface area (Å²) in [5, 5.41) is -0.687. The van der Waals surface area contributed by atoms with E-state index in [4.69, 9.17) is 0 Å².